The van der Waals surface area contributed by atoms with Gasteiger partial charge in [-0.2, -0.15) is 5.10 Å². The molecule has 0 spiro atoms. The first-order valence-electron chi connectivity index (χ1n) is 6.54. The molecule has 0 unspecified atom stereocenters. The molecule has 3 aromatic rings. The third kappa shape index (κ3) is 3.06. The molecule has 4 nitrogen and oxygen atoms in total. The number of nitrogens with one attached hydrogen (secondary N) is 1. The van der Waals surface area contributed by atoms with Crippen molar-refractivity contribution in [1.29, 1.82) is 0 Å². The summed E-state index contributed by atoms with van der Waals surface area (Å²) in [5.41, 5.74) is 3.77. The fourth-order valence-corrected chi connectivity index (χ4v) is 2.37. The van der Waals surface area contributed by atoms with Gasteiger partial charge in [-0.05, 0) is 29.8 Å². The van der Waals surface area contributed by atoms with Crippen molar-refractivity contribution < 1.29 is 4.74 Å². The Morgan fingerprint density at radius 1 is 1.24 bits per heavy atom. The van der Waals surface area contributed by atoms with Crippen molar-refractivity contribution in [3.05, 3.63) is 65.1 Å². The quantitative estimate of drug-likeness (QED) is 0.798. The standard InChI is InChI=1S/C16H14ClN3O/c1-21-15-6-5-14(7-11-9-18-19-10-11)20-16(15)12-3-2-4-13(17)8-12/h2-6,8-10H,7H2,1H3,(H,18,19). The summed E-state index contributed by atoms with van der Waals surface area (Å²) < 4.78 is 5.41. The van der Waals surface area contributed by atoms with Crippen molar-refractivity contribution in [2.75, 3.05) is 7.11 Å². The number of aromatic nitrogens is 3. The Morgan fingerprint density at radius 3 is 2.86 bits per heavy atom. The van der Waals surface area contributed by atoms with Crippen LogP contribution in [0.4, 0.5) is 0 Å². The molecule has 0 atom stereocenters. The van der Waals surface area contributed by atoms with Crippen LogP contribution in [0.3, 0.4) is 0 Å². The largest absolute Gasteiger partial charge is 0.494 e. The molecule has 0 bridgehead atoms. The molecule has 1 N–H and O–H groups in total. The Morgan fingerprint density at radius 2 is 2.14 bits per heavy atom. The summed E-state index contributed by atoms with van der Waals surface area (Å²) in [5.74, 6) is 0.730. The van der Waals surface area contributed by atoms with E-state index in [-0.39, 0.29) is 0 Å². The van der Waals surface area contributed by atoms with E-state index in [0.29, 0.717) is 11.4 Å². The number of hydrogen-bond acceptors (Lipinski definition) is 3. The molecule has 3 rings (SSSR count). The van der Waals surface area contributed by atoms with Crippen LogP contribution in [0, 0.1) is 0 Å². The maximum atomic E-state index is 6.06. The van der Waals surface area contributed by atoms with Crippen LogP contribution in [-0.4, -0.2) is 22.3 Å². The van der Waals surface area contributed by atoms with Gasteiger partial charge in [-0.3, -0.25) is 5.10 Å². The fourth-order valence-electron chi connectivity index (χ4n) is 2.18. The fraction of sp³-hybridized carbons (Fsp3) is 0.125. The van der Waals surface area contributed by atoms with Gasteiger partial charge in [0.15, 0.2) is 0 Å². The lowest BCUT2D eigenvalue weighted by atomic mass is 10.1. The summed E-state index contributed by atoms with van der Waals surface area (Å²) in [6.07, 6.45) is 4.38. The van der Waals surface area contributed by atoms with Crippen molar-refractivity contribution in [1.82, 2.24) is 15.2 Å². The lowest BCUT2D eigenvalue weighted by molar-refractivity contribution is 0.414. The van der Waals surface area contributed by atoms with Crippen molar-refractivity contribution in [2.45, 2.75) is 6.42 Å². The zero-order valence-corrected chi connectivity index (χ0v) is 12.3. The normalized spacial score (nSPS) is 10.6. The number of H-pyrrole nitrogens is 1. The summed E-state index contributed by atoms with van der Waals surface area (Å²) in [6.45, 7) is 0. The first kappa shape index (κ1) is 13.6. The molecule has 0 aliphatic heterocycles. The van der Waals surface area contributed by atoms with Crippen molar-refractivity contribution in [3.63, 3.8) is 0 Å². The molecule has 5 heteroatoms. The number of pyridine rings is 1. The highest BCUT2D eigenvalue weighted by molar-refractivity contribution is 6.30. The molecule has 0 radical (unpaired) electrons. The third-order valence-corrected chi connectivity index (χ3v) is 3.41. The number of nitrogens with zero attached hydrogens (tertiary/aromatic N) is 2. The molecule has 1 aromatic carbocycles. The van der Waals surface area contributed by atoms with Crippen LogP contribution < -0.4 is 4.74 Å². The number of halogens is 1. The third-order valence-electron chi connectivity index (χ3n) is 3.17. The van der Waals surface area contributed by atoms with Gasteiger partial charge in [0.1, 0.15) is 11.4 Å². The second kappa shape index (κ2) is 5.97. The van der Waals surface area contributed by atoms with Crippen LogP contribution >= 0.6 is 11.6 Å². The molecule has 21 heavy (non-hydrogen) atoms. The molecule has 0 saturated heterocycles. The Kier molecular flexibility index (Phi) is 3.88. The van der Waals surface area contributed by atoms with E-state index in [1.807, 2.05) is 42.6 Å². The number of ether oxygens (including phenoxy) is 1. The average Bonchev–Trinajstić information content (AvgIpc) is 3.00. The van der Waals surface area contributed by atoms with Crippen LogP contribution in [0.2, 0.25) is 5.02 Å². The molecule has 0 aliphatic carbocycles. The van der Waals surface area contributed by atoms with E-state index >= 15 is 0 Å². The van der Waals surface area contributed by atoms with Gasteiger partial charge >= 0.3 is 0 Å². The van der Waals surface area contributed by atoms with Gasteiger partial charge in [-0.1, -0.05) is 23.7 Å². The Bertz CT molecular complexity index is 741. The predicted molar refractivity (Wildman–Crippen MR) is 82.6 cm³/mol. The Labute approximate surface area is 127 Å². The lowest BCUT2D eigenvalue weighted by Crippen LogP contribution is -1.97. The summed E-state index contributed by atoms with van der Waals surface area (Å²) in [7, 11) is 1.64. The summed E-state index contributed by atoms with van der Waals surface area (Å²) in [4.78, 5) is 4.70. The van der Waals surface area contributed by atoms with E-state index in [2.05, 4.69) is 10.2 Å². The molecule has 2 aromatic heterocycles. The van der Waals surface area contributed by atoms with Gasteiger partial charge in [-0.15, -0.1) is 0 Å². The van der Waals surface area contributed by atoms with Crippen LogP contribution in [0.25, 0.3) is 11.3 Å². The monoisotopic (exact) mass is 299 g/mol. The highest BCUT2D eigenvalue weighted by atomic mass is 35.5. The molecule has 0 fully saturated rings. The van der Waals surface area contributed by atoms with Crippen LogP contribution in [0.15, 0.2) is 48.8 Å². The first-order chi connectivity index (χ1) is 10.3. The van der Waals surface area contributed by atoms with Crippen molar-refractivity contribution in [3.8, 4) is 17.0 Å². The van der Waals surface area contributed by atoms with Gasteiger partial charge < -0.3 is 4.74 Å². The topological polar surface area (TPSA) is 50.8 Å². The van der Waals surface area contributed by atoms with E-state index in [9.17, 15) is 0 Å². The summed E-state index contributed by atoms with van der Waals surface area (Å²) in [5, 5.41) is 7.43. The van der Waals surface area contributed by atoms with Crippen LogP contribution in [-0.2, 0) is 6.42 Å². The minimum atomic E-state index is 0.677. The molecule has 2 heterocycles. The number of aromatic amines is 1. The van der Waals surface area contributed by atoms with Gasteiger partial charge in [0, 0.05) is 28.9 Å². The Hall–Kier alpha value is -2.33. The van der Waals surface area contributed by atoms with Crippen LogP contribution in [0.1, 0.15) is 11.3 Å². The predicted octanol–water partition coefficient (Wildman–Crippen LogP) is 3.72. The molecular formula is C16H14ClN3O. The second-order valence-electron chi connectivity index (χ2n) is 4.65. The highest BCUT2D eigenvalue weighted by Gasteiger charge is 2.10. The van der Waals surface area contributed by atoms with E-state index in [0.717, 1.165) is 28.3 Å². The SMILES string of the molecule is COc1ccc(Cc2cn[nH]c2)nc1-c1cccc(Cl)c1. The van der Waals surface area contributed by atoms with Gasteiger partial charge in [0.05, 0.1) is 13.3 Å². The molecular weight excluding hydrogens is 286 g/mol. The minimum absolute atomic E-state index is 0.677. The van der Waals surface area contributed by atoms with Gasteiger partial charge in [0.2, 0.25) is 0 Å². The summed E-state index contributed by atoms with van der Waals surface area (Å²) in [6, 6.07) is 11.5. The highest BCUT2D eigenvalue weighted by Crippen LogP contribution is 2.30. The van der Waals surface area contributed by atoms with Crippen molar-refractivity contribution in [2.24, 2.45) is 0 Å². The maximum absolute atomic E-state index is 6.06. The van der Waals surface area contributed by atoms with E-state index in [4.69, 9.17) is 21.3 Å². The molecule has 0 aliphatic rings. The number of rotatable bonds is 4. The van der Waals surface area contributed by atoms with E-state index < -0.39 is 0 Å². The molecule has 106 valence electrons. The lowest BCUT2D eigenvalue weighted by Gasteiger charge is -2.10. The zero-order valence-electron chi connectivity index (χ0n) is 11.5. The van der Waals surface area contributed by atoms with Crippen LogP contribution in [0.5, 0.6) is 5.75 Å². The second-order valence-corrected chi connectivity index (χ2v) is 5.08. The van der Waals surface area contributed by atoms with Gasteiger partial charge in [-0.25, -0.2) is 4.98 Å². The van der Waals surface area contributed by atoms with E-state index in [1.54, 1.807) is 13.3 Å². The first-order valence-corrected chi connectivity index (χ1v) is 6.91. The zero-order chi connectivity index (χ0) is 14.7. The number of hydrogen-bond donors (Lipinski definition) is 1. The van der Waals surface area contributed by atoms with E-state index in [1.165, 1.54) is 0 Å². The number of benzene rings is 1. The Balaban J connectivity index is 2.01. The average molecular weight is 300 g/mol. The minimum Gasteiger partial charge on any atom is -0.494 e. The summed E-state index contributed by atoms with van der Waals surface area (Å²) >= 11 is 6.06. The maximum Gasteiger partial charge on any atom is 0.145 e. The smallest absolute Gasteiger partial charge is 0.145 e. The van der Waals surface area contributed by atoms with Crippen molar-refractivity contribution >= 4 is 11.6 Å². The molecule has 0 amide bonds. The molecule has 0 saturated carbocycles. The number of methoxy groups -OCH3 is 1. The van der Waals surface area contributed by atoms with Gasteiger partial charge in [0.25, 0.3) is 0 Å².